The van der Waals surface area contributed by atoms with Crippen molar-refractivity contribution in [2.75, 3.05) is 23.8 Å². The van der Waals surface area contributed by atoms with Gasteiger partial charge in [-0.2, -0.15) is 4.98 Å². The maximum atomic E-state index is 6.13. The maximum absolute atomic E-state index is 6.13. The van der Waals surface area contributed by atoms with Gasteiger partial charge in [0.1, 0.15) is 5.82 Å². The van der Waals surface area contributed by atoms with Gasteiger partial charge in [-0.15, -0.1) is 0 Å². The number of benzene rings is 1. The Morgan fingerprint density at radius 1 is 1.36 bits per heavy atom. The first-order valence-corrected chi connectivity index (χ1v) is 7.81. The van der Waals surface area contributed by atoms with Crippen LogP contribution >= 0.6 is 11.6 Å². The van der Waals surface area contributed by atoms with E-state index in [2.05, 4.69) is 20.6 Å². The van der Waals surface area contributed by atoms with Gasteiger partial charge in [0.25, 0.3) is 0 Å². The predicted molar refractivity (Wildman–Crippen MR) is 89.0 cm³/mol. The summed E-state index contributed by atoms with van der Waals surface area (Å²) in [5, 5.41) is 7.22. The number of nitrogens with zero attached hydrogens (tertiary/aromatic N) is 2. The first kappa shape index (κ1) is 15.1. The molecule has 0 bridgehead atoms. The van der Waals surface area contributed by atoms with Crippen molar-refractivity contribution in [3.05, 3.63) is 41.0 Å². The Kier molecular flexibility index (Phi) is 4.75. The fourth-order valence-electron chi connectivity index (χ4n) is 2.40. The monoisotopic (exact) mass is 318 g/mol. The van der Waals surface area contributed by atoms with E-state index in [0.29, 0.717) is 5.95 Å². The number of anilines is 3. The van der Waals surface area contributed by atoms with Gasteiger partial charge in [0.05, 0.1) is 6.10 Å². The molecule has 1 aromatic carbocycles. The van der Waals surface area contributed by atoms with Crippen LogP contribution in [0.2, 0.25) is 5.02 Å². The molecule has 0 spiro atoms. The topological polar surface area (TPSA) is 59.1 Å². The van der Waals surface area contributed by atoms with E-state index in [1.165, 1.54) is 0 Å². The molecule has 0 amide bonds. The van der Waals surface area contributed by atoms with E-state index in [-0.39, 0.29) is 6.10 Å². The SMILES string of the molecule is Cc1c(Cl)cccc1Nc1nccc(NCC2CCCO2)n1. The molecule has 2 N–H and O–H groups in total. The van der Waals surface area contributed by atoms with Gasteiger partial charge in [-0.05, 0) is 43.5 Å². The molecule has 116 valence electrons. The molecule has 3 rings (SSSR count). The number of hydrogen-bond acceptors (Lipinski definition) is 5. The van der Waals surface area contributed by atoms with Crippen molar-refractivity contribution in [2.45, 2.75) is 25.9 Å². The molecule has 1 saturated heterocycles. The van der Waals surface area contributed by atoms with Crippen LogP contribution < -0.4 is 10.6 Å². The Morgan fingerprint density at radius 2 is 2.27 bits per heavy atom. The summed E-state index contributed by atoms with van der Waals surface area (Å²) in [6.07, 6.45) is 4.25. The van der Waals surface area contributed by atoms with Crippen molar-refractivity contribution in [3.8, 4) is 0 Å². The van der Waals surface area contributed by atoms with Crippen LogP contribution in [0, 0.1) is 6.92 Å². The van der Waals surface area contributed by atoms with E-state index in [4.69, 9.17) is 16.3 Å². The minimum Gasteiger partial charge on any atom is -0.376 e. The van der Waals surface area contributed by atoms with Gasteiger partial charge in [0.2, 0.25) is 5.95 Å². The first-order chi connectivity index (χ1) is 10.7. The van der Waals surface area contributed by atoms with Crippen molar-refractivity contribution < 1.29 is 4.74 Å². The molecule has 1 atom stereocenters. The average Bonchev–Trinajstić information content (AvgIpc) is 3.04. The van der Waals surface area contributed by atoms with Crippen LogP contribution in [0.1, 0.15) is 18.4 Å². The molecular weight excluding hydrogens is 300 g/mol. The highest BCUT2D eigenvalue weighted by atomic mass is 35.5. The van der Waals surface area contributed by atoms with Gasteiger partial charge in [0, 0.05) is 30.1 Å². The zero-order valence-electron chi connectivity index (χ0n) is 12.5. The lowest BCUT2D eigenvalue weighted by Gasteiger charge is -2.13. The van der Waals surface area contributed by atoms with Crippen molar-refractivity contribution in [1.82, 2.24) is 9.97 Å². The molecule has 22 heavy (non-hydrogen) atoms. The summed E-state index contributed by atoms with van der Waals surface area (Å²) in [6, 6.07) is 7.57. The van der Waals surface area contributed by atoms with Gasteiger partial charge in [-0.25, -0.2) is 4.98 Å². The summed E-state index contributed by atoms with van der Waals surface area (Å²) < 4.78 is 5.59. The molecule has 1 fully saturated rings. The second-order valence-electron chi connectivity index (χ2n) is 5.32. The number of hydrogen-bond donors (Lipinski definition) is 2. The van der Waals surface area contributed by atoms with Crippen LogP contribution in [0.15, 0.2) is 30.5 Å². The fraction of sp³-hybridized carbons (Fsp3) is 0.375. The highest BCUT2D eigenvalue weighted by Gasteiger charge is 2.15. The van der Waals surface area contributed by atoms with E-state index in [9.17, 15) is 0 Å². The standard InChI is InChI=1S/C16H19ClN4O/c1-11-13(17)5-2-6-14(11)20-16-18-8-7-15(21-16)19-10-12-4-3-9-22-12/h2,5-8,12H,3-4,9-10H2,1H3,(H2,18,19,20,21). The molecule has 1 aliphatic heterocycles. The van der Waals surface area contributed by atoms with Crippen LogP contribution in [0.3, 0.4) is 0 Å². The zero-order valence-corrected chi connectivity index (χ0v) is 13.2. The third kappa shape index (κ3) is 3.67. The molecule has 0 aliphatic carbocycles. The minimum absolute atomic E-state index is 0.279. The Bertz CT molecular complexity index is 644. The molecule has 1 unspecified atom stereocenters. The van der Waals surface area contributed by atoms with Crippen molar-refractivity contribution in [2.24, 2.45) is 0 Å². The van der Waals surface area contributed by atoms with Crippen LogP contribution in [-0.2, 0) is 4.74 Å². The molecule has 0 radical (unpaired) electrons. The van der Waals surface area contributed by atoms with Crippen LogP contribution in [0.5, 0.6) is 0 Å². The predicted octanol–water partition coefficient (Wildman–Crippen LogP) is 3.77. The maximum Gasteiger partial charge on any atom is 0.229 e. The zero-order chi connectivity index (χ0) is 15.4. The van der Waals surface area contributed by atoms with Crippen LogP contribution in [0.25, 0.3) is 0 Å². The third-order valence-electron chi connectivity index (χ3n) is 3.70. The lowest BCUT2D eigenvalue weighted by Crippen LogP contribution is -2.19. The van der Waals surface area contributed by atoms with Crippen molar-refractivity contribution in [1.29, 1.82) is 0 Å². The second-order valence-corrected chi connectivity index (χ2v) is 5.73. The normalized spacial score (nSPS) is 17.5. The van der Waals surface area contributed by atoms with Gasteiger partial charge >= 0.3 is 0 Å². The summed E-state index contributed by atoms with van der Waals surface area (Å²) in [6.45, 7) is 3.59. The lowest BCUT2D eigenvalue weighted by molar-refractivity contribution is 0.120. The fourth-order valence-corrected chi connectivity index (χ4v) is 2.58. The summed E-state index contributed by atoms with van der Waals surface area (Å²) in [7, 11) is 0. The quantitative estimate of drug-likeness (QED) is 0.878. The Labute approximate surface area is 135 Å². The third-order valence-corrected chi connectivity index (χ3v) is 4.11. The van der Waals surface area contributed by atoms with Crippen molar-refractivity contribution >= 4 is 29.1 Å². The Hall–Kier alpha value is -1.85. The summed E-state index contributed by atoms with van der Waals surface area (Å²) in [4.78, 5) is 8.72. The van der Waals surface area contributed by atoms with Gasteiger partial charge in [0.15, 0.2) is 0 Å². The number of halogens is 1. The highest BCUT2D eigenvalue weighted by Crippen LogP contribution is 2.25. The number of nitrogens with one attached hydrogen (secondary N) is 2. The van der Waals surface area contributed by atoms with E-state index in [1.807, 2.05) is 31.2 Å². The molecule has 2 aromatic rings. The first-order valence-electron chi connectivity index (χ1n) is 7.43. The summed E-state index contributed by atoms with van der Waals surface area (Å²) >= 11 is 6.13. The van der Waals surface area contributed by atoms with E-state index in [1.54, 1.807) is 6.20 Å². The van der Waals surface area contributed by atoms with E-state index in [0.717, 1.165) is 48.1 Å². The largest absolute Gasteiger partial charge is 0.376 e. The molecule has 5 nitrogen and oxygen atoms in total. The molecule has 0 saturated carbocycles. The molecule has 2 heterocycles. The van der Waals surface area contributed by atoms with Crippen LogP contribution in [0.4, 0.5) is 17.5 Å². The van der Waals surface area contributed by atoms with Gasteiger partial charge < -0.3 is 15.4 Å². The summed E-state index contributed by atoms with van der Waals surface area (Å²) in [5.74, 6) is 1.33. The highest BCUT2D eigenvalue weighted by molar-refractivity contribution is 6.31. The smallest absolute Gasteiger partial charge is 0.229 e. The lowest BCUT2D eigenvalue weighted by atomic mass is 10.2. The van der Waals surface area contributed by atoms with Gasteiger partial charge in [-0.1, -0.05) is 17.7 Å². The Balaban J connectivity index is 1.66. The van der Waals surface area contributed by atoms with Crippen LogP contribution in [-0.4, -0.2) is 29.2 Å². The molecule has 6 heteroatoms. The number of rotatable bonds is 5. The van der Waals surface area contributed by atoms with E-state index < -0.39 is 0 Å². The minimum atomic E-state index is 0.279. The van der Waals surface area contributed by atoms with Crippen molar-refractivity contribution in [3.63, 3.8) is 0 Å². The second kappa shape index (κ2) is 6.94. The van der Waals surface area contributed by atoms with E-state index >= 15 is 0 Å². The average molecular weight is 319 g/mol. The number of ether oxygens (including phenoxy) is 1. The molecule has 1 aliphatic rings. The van der Waals surface area contributed by atoms with Gasteiger partial charge in [-0.3, -0.25) is 0 Å². The summed E-state index contributed by atoms with van der Waals surface area (Å²) in [5.41, 5.74) is 1.88. The Morgan fingerprint density at radius 3 is 3.09 bits per heavy atom. The molecular formula is C16H19ClN4O. The molecule has 1 aromatic heterocycles. The number of aromatic nitrogens is 2.